The molecule has 0 aliphatic carbocycles. The van der Waals surface area contributed by atoms with Gasteiger partial charge in [0.15, 0.2) is 0 Å². The quantitative estimate of drug-likeness (QED) is 0.714. The minimum absolute atomic E-state index is 0.0810. The van der Waals surface area contributed by atoms with E-state index in [0.29, 0.717) is 17.0 Å². The van der Waals surface area contributed by atoms with Crippen molar-refractivity contribution >= 4 is 11.8 Å². The normalized spacial score (nSPS) is 15.5. The Morgan fingerprint density at radius 1 is 1.18 bits per heavy atom. The Labute approximate surface area is 161 Å². The summed E-state index contributed by atoms with van der Waals surface area (Å²) < 4.78 is 18.4. The molecule has 2 aromatic heterocycles. The van der Waals surface area contributed by atoms with Crippen molar-refractivity contribution in [3.63, 3.8) is 0 Å². The zero-order chi connectivity index (χ0) is 19.5. The summed E-state index contributed by atoms with van der Waals surface area (Å²) in [5.41, 5.74) is 1.86. The second-order valence-electron chi connectivity index (χ2n) is 6.57. The van der Waals surface area contributed by atoms with Crippen LogP contribution in [0.5, 0.6) is 0 Å². The number of nitrogens with one attached hydrogen (secondary N) is 1. The number of nitrogens with zero attached hydrogens (tertiary/aromatic N) is 2. The van der Waals surface area contributed by atoms with Crippen LogP contribution in [0.4, 0.5) is 4.39 Å². The first-order chi connectivity index (χ1) is 13.6. The molecule has 28 heavy (non-hydrogen) atoms. The monoisotopic (exact) mass is 379 g/mol. The fourth-order valence-corrected chi connectivity index (χ4v) is 3.33. The van der Waals surface area contributed by atoms with Crippen LogP contribution in [-0.2, 0) is 17.9 Å². The van der Waals surface area contributed by atoms with Crippen molar-refractivity contribution in [1.82, 2.24) is 15.2 Å². The number of fused-ring (bicyclic) bond motifs is 1. The molecule has 1 aromatic carbocycles. The Hall–Kier alpha value is -3.48. The summed E-state index contributed by atoms with van der Waals surface area (Å²) >= 11 is 0. The molecule has 1 aliphatic heterocycles. The zero-order valence-electron chi connectivity index (χ0n) is 15.0. The molecule has 0 saturated carbocycles. The number of hydrogen-bond donors (Lipinski definition) is 1. The molecule has 0 fully saturated rings. The van der Waals surface area contributed by atoms with E-state index in [1.54, 1.807) is 53.8 Å². The van der Waals surface area contributed by atoms with E-state index < -0.39 is 6.04 Å². The summed E-state index contributed by atoms with van der Waals surface area (Å²) in [5, 5.41) is 2.80. The Bertz CT molecular complexity index is 986. The molecule has 3 aromatic rings. The summed E-state index contributed by atoms with van der Waals surface area (Å²) in [5.74, 6) is -0.0825. The maximum atomic E-state index is 13.2. The first-order valence-corrected chi connectivity index (χ1v) is 8.91. The van der Waals surface area contributed by atoms with E-state index in [-0.39, 0.29) is 37.1 Å². The minimum Gasteiger partial charge on any atom is -0.467 e. The third-order valence-electron chi connectivity index (χ3n) is 4.71. The average Bonchev–Trinajstić information content (AvgIpc) is 3.31. The highest BCUT2D eigenvalue weighted by molar-refractivity contribution is 5.99. The van der Waals surface area contributed by atoms with Gasteiger partial charge in [-0.15, -0.1) is 0 Å². The minimum atomic E-state index is -0.481. The van der Waals surface area contributed by atoms with Gasteiger partial charge in [0.05, 0.1) is 36.5 Å². The van der Waals surface area contributed by atoms with E-state index in [4.69, 9.17) is 4.42 Å². The van der Waals surface area contributed by atoms with Gasteiger partial charge in [0, 0.05) is 12.7 Å². The van der Waals surface area contributed by atoms with Gasteiger partial charge in [-0.05, 0) is 42.0 Å². The molecular formula is C21H18FN3O3. The standard InChI is InChI=1S/C21H18FN3O3/c22-15-7-5-14(6-8-15)13-25-18(20-17(21(25)27)4-1-9-23-20)11-19(26)24-12-16-3-2-10-28-16/h1-10,18H,11-13H2,(H,24,26). The van der Waals surface area contributed by atoms with Gasteiger partial charge in [-0.25, -0.2) is 4.39 Å². The van der Waals surface area contributed by atoms with Gasteiger partial charge in [-0.2, -0.15) is 0 Å². The number of halogens is 1. The van der Waals surface area contributed by atoms with E-state index in [2.05, 4.69) is 10.3 Å². The lowest BCUT2D eigenvalue weighted by atomic mass is 10.1. The number of benzene rings is 1. The summed E-state index contributed by atoms with van der Waals surface area (Å²) in [6.45, 7) is 0.547. The Kier molecular flexibility index (Phi) is 4.89. The Morgan fingerprint density at radius 3 is 2.75 bits per heavy atom. The van der Waals surface area contributed by atoms with Gasteiger partial charge in [-0.1, -0.05) is 12.1 Å². The van der Waals surface area contributed by atoms with Crippen LogP contribution in [0.2, 0.25) is 0 Å². The molecule has 142 valence electrons. The van der Waals surface area contributed by atoms with Crippen LogP contribution in [0.25, 0.3) is 0 Å². The zero-order valence-corrected chi connectivity index (χ0v) is 15.0. The van der Waals surface area contributed by atoms with Crippen LogP contribution >= 0.6 is 0 Å². The molecule has 1 aliphatic rings. The van der Waals surface area contributed by atoms with Gasteiger partial charge in [-0.3, -0.25) is 14.6 Å². The van der Waals surface area contributed by atoms with E-state index in [1.165, 1.54) is 12.1 Å². The fourth-order valence-electron chi connectivity index (χ4n) is 3.33. The van der Waals surface area contributed by atoms with Crippen LogP contribution in [0.3, 0.4) is 0 Å². The molecular weight excluding hydrogens is 361 g/mol. The summed E-state index contributed by atoms with van der Waals surface area (Å²) in [7, 11) is 0. The third kappa shape index (κ3) is 3.64. The highest BCUT2D eigenvalue weighted by atomic mass is 19.1. The highest BCUT2D eigenvalue weighted by Gasteiger charge is 2.38. The van der Waals surface area contributed by atoms with Crippen LogP contribution in [0.1, 0.15) is 39.8 Å². The fraction of sp³-hybridized carbons (Fsp3) is 0.190. The maximum absolute atomic E-state index is 13.2. The van der Waals surface area contributed by atoms with Gasteiger partial charge < -0.3 is 14.6 Å². The summed E-state index contributed by atoms with van der Waals surface area (Å²) in [4.78, 5) is 31.3. The number of aromatic nitrogens is 1. The third-order valence-corrected chi connectivity index (χ3v) is 4.71. The van der Waals surface area contributed by atoms with Crippen LogP contribution in [-0.4, -0.2) is 21.7 Å². The lowest BCUT2D eigenvalue weighted by Gasteiger charge is -2.24. The number of furan rings is 1. The van der Waals surface area contributed by atoms with Crippen molar-refractivity contribution in [1.29, 1.82) is 0 Å². The van der Waals surface area contributed by atoms with Gasteiger partial charge in [0.25, 0.3) is 5.91 Å². The molecule has 0 radical (unpaired) electrons. The molecule has 1 unspecified atom stereocenters. The molecule has 4 rings (SSSR count). The van der Waals surface area contributed by atoms with Crippen molar-refractivity contribution in [2.75, 3.05) is 0 Å². The second-order valence-corrected chi connectivity index (χ2v) is 6.57. The molecule has 0 spiro atoms. The molecule has 6 nitrogen and oxygen atoms in total. The number of rotatable bonds is 6. The topological polar surface area (TPSA) is 75.4 Å². The summed E-state index contributed by atoms with van der Waals surface area (Å²) in [6.07, 6.45) is 3.24. The number of amides is 2. The largest absolute Gasteiger partial charge is 0.467 e. The molecule has 0 bridgehead atoms. The van der Waals surface area contributed by atoms with E-state index in [0.717, 1.165) is 5.56 Å². The van der Waals surface area contributed by atoms with E-state index >= 15 is 0 Å². The molecule has 1 atom stereocenters. The van der Waals surface area contributed by atoms with Gasteiger partial charge in [0.2, 0.25) is 5.91 Å². The second kappa shape index (κ2) is 7.64. The smallest absolute Gasteiger partial charge is 0.256 e. The van der Waals surface area contributed by atoms with Crippen molar-refractivity contribution in [3.05, 3.63) is 89.4 Å². The molecule has 2 amide bonds. The predicted octanol–water partition coefficient (Wildman–Crippen LogP) is 3.22. The predicted molar refractivity (Wildman–Crippen MR) is 98.4 cm³/mol. The maximum Gasteiger partial charge on any atom is 0.256 e. The number of pyridine rings is 1. The molecule has 1 N–H and O–H groups in total. The first kappa shape index (κ1) is 17.9. The number of carbonyl (C=O) groups is 2. The first-order valence-electron chi connectivity index (χ1n) is 8.91. The van der Waals surface area contributed by atoms with Crippen molar-refractivity contribution in [2.24, 2.45) is 0 Å². The van der Waals surface area contributed by atoms with Crippen molar-refractivity contribution in [3.8, 4) is 0 Å². The Morgan fingerprint density at radius 2 is 2.00 bits per heavy atom. The van der Waals surface area contributed by atoms with Crippen LogP contribution < -0.4 is 5.32 Å². The van der Waals surface area contributed by atoms with Crippen LogP contribution in [0, 0.1) is 5.82 Å². The van der Waals surface area contributed by atoms with Crippen molar-refractivity contribution < 1.29 is 18.4 Å². The summed E-state index contributed by atoms with van der Waals surface area (Å²) in [6, 6.07) is 12.4. The van der Waals surface area contributed by atoms with Crippen molar-refractivity contribution in [2.45, 2.75) is 25.6 Å². The average molecular weight is 379 g/mol. The van der Waals surface area contributed by atoms with Crippen LogP contribution in [0.15, 0.2) is 65.4 Å². The lowest BCUT2D eigenvalue weighted by Crippen LogP contribution is -2.32. The van der Waals surface area contributed by atoms with E-state index in [9.17, 15) is 14.0 Å². The molecule has 7 heteroatoms. The van der Waals surface area contributed by atoms with Gasteiger partial charge >= 0.3 is 0 Å². The molecule has 0 saturated heterocycles. The Balaban J connectivity index is 1.53. The molecule has 3 heterocycles. The number of carbonyl (C=O) groups excluding carboxylic acids is 2. The SMILES string of the molecule is O=C(CC1c2ncccc2C(=O)N1Cc1ccc(F)cc1)NCc1ccco1. The lowest BCUT2D eigenvalue weighted by molar-refractivity contribution is -0.122. The van der Waals surface area contributed by atoms with E-state index in [1.807, 2.05) is 0 Å². The highest BCUT2D eigenvalue weighted by Crippen LogP contribution is 2.35. The van der Waals surface area contributed by atoms with Gasteiger partial charge in [0.1, 0.15) is 11.6 Å². The number of hydrogen-bond acceptors (Lipinski definition) is 4.